The van der Waals surface area contributed by atoms with Gasteiger partial charge in [-0.3, -0.25) is 4.79 Å². The minimum Gasteiger partial charge on any atom is -0.438 e. The number of aryl methyl sites for hydroxylation is 1. The van der Waals surface area contributed by atoms with Crippen molar-refractivity contribution in [3.8, 4) is 17.7 Å². The van der Waals surface area contributed by atoms with Crippen LogP contribution in [0.5, 0.6) is 11.6 Å². The van der Waals surface area contributed by atoms with Gasteiger partial charge in [0.05, 0.1) is 11.2 Å². The second-order valence-electron chi connectivity index (χ2n) is 5.28. The van der Waals surface area contributed by atoms with Crippen molar-refractivity contribution >= 4 is 29.0 Å². The lowest BCUT2D eigenvalue weighted by Gasteiger charge is -2.10. The molecule has 2 aromatic heterocycles. The fourth-order valence-corrected chi connectivity index (χ4v) is 2.67. The van der Waals surface area contributed by atoms with Gasteiger partial charge in [0.2, 0.25) is 11.8 Å². The molecule has 1 amide bonds. The number of nitriles is 1. The summed E-state index contributed by atoms with van der Waals surface area (Å²) in [5.41, 5.74) is 4.31. The van der Waals surface area contributed by atoms with E-state index in [-0.39, 0.29) is 11.8 Å². The van der Waals surface area contributed by atoms with Crippen LogP contribution in [-0.4, -0.2) is 15.9 Å². The average molecular weight is 362 g/mol. The molecule has 0 aliphatic heterocycles. The van der Waals surface area contributed by atoms with Crippen molar-refractivity contribution in [1.29, 1.82) is 5.26 Å². The van der Waals surface area contributed by atoms with E-state index in [1.807, 2.05) is 18.4 Å². The van der Waals surface area contributed by atoms with Crippen molar-refractivity contribution < 1.29 is 9.53 Å². The summed E-state index contributed by atoms with van der Waals surface area (Å²) in [6, 6.07) is 10.6. The van der Waals surface area contributed by atoms with E-state index in [2.05, 4.69) is 15.3 Å². The average Bonchev–Trinajstić information content (AvgIpc) is 3.16. The number of ether oxygens (including phenoxy) is 1. The van der Waals surface area contributed by atoms with E-state index in [0.29, 0.717) is 17.0 Å². The number of carbonyl (C=O) groups excluding carboxylic acids is 1. The highest BCUT2D eigenvalue weighted by Gasteiger charge is 2.08. The standard InChI is InChI=1S/C19H14N4O2S/c1-13-9-16(25-19-14(10-20)3-2-8-21-19)5-6-17(13)23-18(24)7-4-15-11-26-12-22-15/h2-9,11-12H,1H3,(H,23,24)/b7-4-. The first-order chi connectivity index (χ1) is 12.7. The summed E-state index contributed by atoms with van der Waals surface area (Å²) >= 11 is 1.47. The Kier molecular flexibility index (Phi) is 5.37. The molecule has 6 nitrogen and oxygen atoms in total. The van der Waals surface area contributed by atoms with E-state index in [1.54, 1.807) is 48.1 Å². The lowest BCUT2D eigenvalue weighted by atomic mass is 10.2. The zero-order valence-corrected chi connectivity index (χ0v) is 14.7. The molecule has 3 aromatic rings. The summed E-state index contributed by atoms with van der Waals surface area (Å²) in [4.78, 5) is 20.2. The predicted octanol–water partition coefficient (Wildman–Crippen LogP) is 4.16. The molecule has 0 unspecified atom stereocenters. The molecule has 3 rings (SSSR count). The first-order valence-corrected chi connectivity index (χ1v) is 8.61. The van der Waals surface area contributed by atoms with Gasteiger partial charge in [0.25, 0.3) is 0 Å². The van der Waals surface area contributed by atoms with E-state index in [4.69, 9.17) is 10.00 Å². The molecular weight excluding hydrogens is 348 g/mol. The Labute approximate surface area is 154 Å². The molecule has 2 heterocycles. The number of amides is 1. The summed E-state index contributed by atoms with van der Waals surface area (Å²) in [5.74, 6) is 0.539. The second kappa shape index (κ2) is 8.05. The second-order valence-corrected chi connectivity index (χ2v) is 6.00. The number of benzene rings is 1. The molecule has 0 aliphatic rings. The Morgan fingerprint density at radius 3 is 2.96 bits per heavy atom. The highest BCUT2D eigenvalue weighted by atomic mass is 32.1. The van der Waals surface area contributed by atoms with Gasteiger partial charge in [-0.2, -0.15) is 5.26 Å². The maximum Gasteiger partial charge on any atom is 0.248 e. The van der Waals surface area contributed by atoms with Crippen LogP contribution in [0.3, 0.4) is 0 Å². The zero-order valence-electron chi connectivity index (χ0n) is 13.8. The molecule has 0 spiro atoms. The van der Waals surface area contributed by atoms with Crippen LogP contribution in [0.25, 0.3) is 6.08 Å². The number of nitrogens with one attached hydrogen (secondary N) is 1. The third-order valence-corrected chi connectivity index (χ3v) is 4.02. The molecule has 7 heteroatoms. The van der Waals surface area contributed by atoms with Crippen LogP contribution < -0.4 is 10.1 Å². The summed E-state index contributed by atoms with van der Waals surface area (Å²) in [5, 5.41) is 13.8. The monoisotopic (exact) mass is 362 g/mol. The third kappa shape index (κ3) is 4.32. The van der Waals surface area contributed by atoms with Crippen molar-refractivity contribution in [3.05, 3.63) is 70.3 Å². The summed E-state index contributed by atoms with van der Waals surface area (Å²) in [6.45, 7) is 1.86. The van der Waals surface area contributed by atoms with Crippen LogP contribution in [0.2, 0.25) is 0 Å². The van der Waals surface area contributed by atoms with Gasteiger partial charge < -0.3 is 10.1 Å². The van der Waals surface area contributed by atoms with Gasteiger partial charge in [0.1, 0.15) is 17.4 Å². The fraction of sp³-hybridized carbons (Fsp3) is 0.0526. The molecule has 1 aromatic carbocycles. The van der Waals surface area contributed by atoms with Crippen molar-refractivity contribution in [2.75, 3.05) is 5.32 Å². The van der Waals surface area contributed by atoms with E-state index < -0.39 is 0 Å². The number of hydrogen-bond acceptors (Lipinski definition) is 6. The van der Waals surface area contributed by atoms with Crippen LogP contribution >= 0.6 is 11.3 Å². The molecule has 128 valence electrons. The maximum absolute atomic E-state index is 12.0. The molecule has 0 aliphatic carbocycles. The maximum atomic E-state index is 12.0. The van der Waals surface area contributed by atoms with Crippen LogP contribution in [0, 0.1) is 18.3 Å². The number of nitrogens with zero attached hydrogens (tertiary/aromatic N) is 3. The molecule has 26 heavy (non-hydrogen) atoms. The number of hydrogen-bond donors (Lipinski definition) is 1. The highest BCUT2D eigenvalue weighted by molar-refractivity contribution is 7.07. The number of aromatic nitrogens is 2. The Bertz CT molecular complexity index is 991. The van der Waals surface area contributed by atoms with Crippen molar-refractivity contribution in [2.24, 2.45) is 0 Å². The van der Waals surface area contributed by atoms with Gasteiger partial charge in [-0.15, -0.1) is 11.3 Å². The van der Waals surface area contributed by atoms with Gasteiger partial charge in [0.15, 0.2) is 0 Å². The van der Waals surface area contributed by atoms with Crippen LogP contribution in [0.1, 0.15) is 16.8 Å². The number of carbonyl (C=O) groups is 1. The van der Waals surface area contributed by atoms with E-state index in [0.717, 1.165) is 11.3 Å². The lowest BCUT2D eigenvalue weighted by Crippen LogP contribution is -2.09. The number of anilines is 1. The van der Waals surface area contributed by atoms with Gasteiger partial charge in [-0.1, -0.05) is 0 Å². The zero-order chi connectivity index (χ0) is 18.4. The molecule has 0 saturated carbocycles. The molecule has 0 fully saturated rings. The van der Waals surface area contributed by atoms with Gasteiger partial charge in [-0.05, 0) is 48.9 Å². The first kappa shape index (κ1) is 17.3. The van der Waals surface area contributed by atoms with E-state index in [9.17, 15) is 4.79 Å². The normalized spacial score (nSPS) is 10.5. The van der Waals surface area contributed by atoms with Crippen LogP contribution in [0.15, 0.2) is 53.5 Å². The van der Waals surface area contributed by atoms with Gasteiger partial charge in [-0.25, -0.2) is 9.97 Å². The van der Waals surface area contributed by atoms with Crippen molar-refractivity contribution in [3.63, 3.8) is 0 Å². The van der Waals surface area contributed by atoms with Gasteiger partial charge in [0, 0.05) is 23.3 Å². The van der Waals surface area contributed by atoms with Crippen LogP contribution in [-0.2, 0) is 4.79 Å². The highest BCUT2D eigenvalue weighted by Crippen LogP contribution is 2.26. The molecular formula is C19H14N4O2S. The van der Waals surface area contributed by atoms with Crippen molar-refractivity contribution in [2.45, 2.75) is 6.92 Å². The van der Waals surface area contributed by atoms with Crippen molar-refractivity contribution in [1.82, 2.24) is 9.97 Å². The van der Waals surface area contributed by atoms with Crippen LogP contribution in [0.4, 0.5) is 5.69 Å². The smallest absolute Gasteiger partial charge is 0.248 e. The Balaban J connectivity index is 1.69. The molecule has 0 atom stereocenters. The molecule has 1 N–H and O–H groups in total. The molecule has 0 saturated heterocycles. The third-order valence-electron chi connectivity index (χ3n) is 3.42. The Morgan fingerprint density at radius 2 is 2.23 bits per heavy atom. The minimum atomic E-state index is -0.244. The van der Waals surface area contributed by atoms with Gasteiger partial charge >= 0.3 is 0 Å². The lowest BCUT2D eigenvalue weighted by molar-refractivity contribution is -0.111. The predicted molar refractivity (Wildman–Crippen MR) is 100.0 cm³/mol. The van der Waals surface area contributed by atoms with E-state index in [1.165, 1.54) is 17.4 Å². The topological polar surface area (TPSA) is 87.9 Å². The number of rotatable bonds is 5. The molecule has 0 radical (unpaired) electrons. The van der Waals surface area contributed by atoms with E-state index >= 15 is 0 Å². The summed E-state index contributed by atoms with van der Waals surface area (Å²) < 4.78 is 5.67. The number of thiazole rings is 1. The Hall–Kier alpha value is -3.50. The summed E-state index contributed by atoms with van der Waals surface area (Å²) in [6.07, 6.45) is 4.65. The fourth-order valence-electron chi connectivity index (χ4n) is 2.15. The first-order valence-electron chi connectivity index (χ1n) is 7.66. The SMILES string of the molecule is Cc1cc(Oc2ncccc2C#N)ccc1NC(=O)/C=C\c1cscn1. The number of pyridine rings is 1. The molecule has 0 bridgehead atoms. The minimum absolute atomic E-state index is 0.244. The summed E-state index contributed by atoms with van der Waals surface area (Å²) in [7, 11) is 0. The quantitative estimate of drug-likeness (QED) is 0.689. The Morgan fingerprint density at radius 1 is 1.35 bits per heavy atom. The largest absolute Gasteiger partial charge is 0.438 e.